The first kappa shape index (κ1) is 43.3. The Morgan fingerprint density at radius 1 is 0.645 bits per heavy atom. The lowest BCUT2D eigenvalue weighted by Crippen LogP contribution is -2.34. The first-order valence-electron chi connectivity index (χ1n) is 19.6. The number of ether oxygens (including phenoxy) is 8. The summed E-state index contributed by atoms with van der Waals surface area (Å²) >= 11 is 12.7. The van der Waals surface area contributed by atoms with Gasteiger partial charge < -0.3 is 59.2 Å². The van der Waals surface area contributed by atoms with Gasteiger partial charge in [0.2, 0.25) is 11.5 Å². The molecule has 0 spiro atoms. The highest BCUT2D eigenvalue weighted by molar-refractivity contribution is 6.34. The molecule has 8 rings (SSSR count). The van der Waals surface area contributed by atoms with Crippen LogP contribution < -0.4 is 59.2 Å². The van der Waals surface area contributed by atoms with Crippen molar-refractivity contribution < 1.29 is 47.5 Å². The van der Waals surface area contributed by atoms with E-state index in [9.17, 15) is 9.59 Å². The first-order chi connectivity index (χ1) is 30.1. The number of hydrogen-bond acceptors (Lipinski definition) is 12. The number of carbonyl (C=O) groups excluding carboxylic acids is 2. The van der Waals surface area contributed by atoms with Crippen LogP contribution in [0, 0.1) is 0 Å². The highest BCUT2D eigenvalue weighted by Gasteiger charge is 2.26. The van der Waals surface area contributed by atoms with E-state index >= 15 is 0 Å². The van der Waals surface area contributed by atoms with Crippen molar-refractivity contribution in [1.29, 1.82) is 0 Å². The second-order valence-corrected chi connectivity index (χ2v) is 14.7. The largest absolute Gasteiger partial charge is 0.493 e. The standard InChI is InChI=1S/2C22H22ClN3O5/c1-12(2)25-22(27)26-15-5-4-13(10-14(15)23)31-17-6-7-24-16-11-18(28-3)20-21(19(16)17)30-9-8-29-20;1-3-7-25-22(27)26-15-5-4-13(11-14(15)23)31-17-6-8-24-16-12-18(28-2)20-21(19(16)17)30-10-9-29-20/h4-7,10-12H,8-9H2,1-3H3,(H2,25,26,27);4-6,8,11-12H,3,7,9-10H2,1-2H3,(H2,25,26,27). The number of rotatable bonds is 11. The van der Waals surface area contributed by atoms with Gasteiger partial charge in [-0.05, 0) is 56.7 Å². The van der Waals surface area contributed by atoms with Crippen LogP contribution in [0.15, 0.2) is 73.1 Å². The van der Waals surface area contributed by atoms with E-state index in [0.717, 1.165) is 6.42 Å². The molecule has 4 aromatic carbocycles. The van der Waals surface area contributed by atoms with Crippen LogP contribution in [0.1, 0.15) is 27.2 Å². The number of fused-ring (bicyclic) bond motifs is 6. The zero-order valence-electron chi connectivity index (χ0n) is 34.5. The molecule has 0 unspecified atom stereocenters. The van der Waals surface area contributed by atoms with E-state index in [1.165, 1.54) is 0 Å². The summed E-state index contributed by atoms with van der Waals surface area (Å²) in [5.41, 5.74) is 2.26. The van der Waals surface area contributed by atoms with Crippen LogP contribution in [0.3, 0.4) is 0 Å². The fraction of sp³-hybridized carbons (Fsp3) is 0.273. The zero-order chi connectivity index (χ0) is 43.8. The third-order valence-electron chi connectivity index (χ3n) is 9.11. The molecule has 0 saturated heterocycles. The SMILES string of the molecule is CCCNC(=O)Nc1ccc(Oc2ccnc3cc(OC)c4c(c23)OCCO4)cc1Cl.COc1cc2nccc(Oc3ccc(NC(=O)NC(C)C)c(Cl)c3)c2c2c1OCCO2. The second kappa shape index (κ2) is 19.7. The van der Waals surface area contributed by atoms with Crippen LogP contribution in [-0.4, -0.2) is 75.3 Å². The van der Waals surface area contributed by atoms with Gasteiger partial charge in [0.25, 0.3) is 0 Å². The summed E-state index contributed by atoms with van der Waals surface area (Å²) in [4.78, 5) is 32.6. The molecule has 18 heteroatoms. The van der Waals surface area contributed by atoms with Crippen molar-refractivity contribution in [3.05, 3.63) is 83.1 Å². The van der Waals surface area contributed by atoms with Gasteiger partial charge in [-0.15, -0.1) is 0 Å². The molecule has 2 aliphatic rings. The van der Waals surface area contributed by atoms with Crippen molar-refractivity contribution in [2.45, 2.75) is 33.2 Å². The van der Waals surface area contributed by atoms with Crippen molar-refractivity contribution >= 4 is 68.4 Å². The minimum atomic E-state index is -0.330. The van der Waals surface area contributed by atoms with E-state index in [4.69, 9.17) is 61.1 Å². The molecule has 0 bridgehead atoms. The lowest BCUT2D eigenvalue weighted by atomic mass is 10.1. The molecule has 2 aromatic heterocycles. The van der Waals surface area contributed by atoms with Crippen LogP contribution in [-0.2, 0) is 0 Å². The molecule has 0 saturated carbocycles. The molecule has 6 aromatic rings. The minimum Gasteiger partial charge on any atom is -0.493 e. The normalized spacial score (nSPS) is 12.5. The number of benzene rings is 4. The highest BCUT2D eigenvalue weighted by Crippen LogP contribution is 2.50. The molecule has 4 N–H and O–H groups in total. The summed E-state index contributed by atoms with van der Waals surface area (Å²) in [6, 6.07) is 16.5. The number of pyridine rings is 2. The average Bonchev–Trinajstić information content (AvgIpc) is 3.27. The zero-order valence-corrected chi connectivity index (χ0v) is 36.0. The van der Waals surface area contributed by atoms with Crippen LogP contribution in [0.25, 0.3) is 21.8 Å². The van der Waals surface area contributed by atoms with Gasteiger partial charge in [0, 0.05) is 49.2 Å². The topological polar surface area (TPSA) is 182 Å². The Kier molecular flexibility index (Phi) is 13.8. The van der Waals surface area contributed by atoms with Gasteiger partial charge in [-0.1, -0.05) is 30.1 Å². The molecule has 16 nitrogen and oxygen atoms in total. The van der Waals surface area contributed by atoms with Gasteiger partial charge >= 0.3 is 12.1 Å². The monoisotopic (exact) mass is 886 g/mol. The maximum atomic E-state index is 11.9. The lowest BCUT2D eigenvalue weighted by molar-refractivity contribution is 0.167. The van der Waals surface area contributed by atoms with Crippen LogP contribution in [0.5, 0.6) is 57.5 Å². The number of urea groups is 2. The van der Waals surface area contributed by atoms with Crippen LogP contribution in [0.2, 0.25) is 10.0 Å². The fourth-order valence-corrected chi connectivity index (χ4v) is 6.86. The molecule has 0 aliphatic carbocycles. The first-order valence-corrected chi connectivity index (χ1v) is 20.4. The molecule has 2 aliphatic heterocycles. The number of halogens is 2. The summed E-state index contributed by atoms with van der Waals surface area (Å²) in [6.45, 7) is 8.00. The Balaban J connectivity index is 0.000000186. The molecule has 0 fully saturated rings. The van der Waals surface area contributed by atoms with Crippen molar-refractivity contribution in [3.63, 3.8) is 0 Å². The summed E-state index contributed by atoms with van der Waals surface area (Å²) in [5, 5.41) is 13.0. The van der Waals surface area contributed by atoms with Crippen LogP contribution in [0.4, 0.5) is 21.0 Å². The van der Waals surface area contributed by atoms with Gasteiger partial charge in [0.05, 0.1) is 57.4 Å². The van der Waals surface area contributed by atoms with Crippen LogP contribution >= 0.6 is 23.2 Å². The number of methoxy groups -OCH3 is 2. The van der Waals surface area contributed by atoms with Crippen molar-refractivity contribution in [2.24, 2.45) is 0 Å². The number of nitrogens with zero attached hydrogens (tertiary/aromatic N) is 2. The molecule has 4 heterocycles. The van der Waals surface area contributed by atoms with Gasteiger partial charge in [-0.3, -0.25) is 9.97 Å². The molecule has 324 valence electrons. The quantitative estimate of drug-likeness (QED) is 0.0968. The van der Waals surface area contributed by atoms with E-state index in [-0.39, 0.29) is 18.1 Å². The van der Waals surface area contributed by atoms with Gasteiger partial charge in [-0.2, -0.15) is 0 Å². The maximum Gasteiger partial charge on any atom is 0.319 e. The Morgan fingerprint density at radius 3 is 1.52 bits per heavy atom. The number of nitrogens with one attached hydrogen (secondary N) is 4. The smallest absolute Gasteiger partial charge is 0.319 e. The maximum absolute atomic E-state index is 11.9. The Morgan fingerprint density at radius 2 is 1.10 bits per heavy atom. The number of amides is 4. The lowest BCUT2D eigenvalue weighted by Gasteiger charge is -2.23. The third-order valence-corrected chi connectivity index (χ3v) is 9.74. The number of anilines is 2. The molecule has 4 amide bonds. The second-order valence-electron chi connectivity index (χ2n) is 13.9. The number of hydrogen-bond donors (Lipinski definition) is 4. The fourth-order valence-electron chi connectivity index (χ4n) is 6.42. The minimum absolute atomic E-state index is 0.0112. The predicted octanol–water partition coefficient (Wildman–Crippen LogP) is 9.98. The Hall–Kier alpha value is -6.78. The highest BCUT2D eigenvalue weighted by atomic mass is 35.5. The summed E-state index contributed by atoms with van der Waals surface area (Å²) in [5.74, 6) is 5.25. The Labute approximate surface area is 367 Å². The van der Waals surface area contributed by atoms with Crippen molar-refractivity contribution in [2.75, 3.05) is 57.8 Å². The van der Waals surface area contributed by atoms with Gasteiger partial charge in [0.15, 0.2) is 23.0 Å². The third kappa shape index (κ3) is 9.88. The average molecular weight is 888 g/mol. The Bertz CT molecular complexity index is 2610. The summed E-state index contributed by atoms with van der Waals surface area (Å²) in [6.07, 6.45) is 4.13. The van der Waals surface area contributed by atoms with E-state index in [0.29, 0.717) is 134 Å². The van der Waals surface area contributed by atoms with E-state index < -0.39 is 0 Å². The molecule has 62 heavy (non-hydrogen) atoms. The number of aromatic nitrogens is 2. The predicted molar refractivity (Wildman–Crippen MR) is 236 cm³/mol. The molecule has 0 radical (unpaired) electrons. The summed E-state index contributed by atoms with van der Waals surface area (Å²) in [7, 11) is 3.14. The van der Waals surface area contributed by atoms with Gasteiger partial charge in [0.1, 0.15) is 49.4 Å². The molecular formula is C44H44Cl2N6O10. The molecular weight excluding hydrogens is 843 g/mol. The van der Waals surface area contributed by atoms with E-state index in [1.807, 2.05) is 20.8 Å². The molecule has 0 atom stereocenters. The van der Waals surface area contributed by atoms with Crippen molar-refractivity contribution in [1.82, 2.24) is 20.6 Å². The van der Waals surface area contributed by atoms with Crippen molar-refractivity contribution in [3.8, 4) is 57.5 Å². The van der Waals surface area contributed by atoms with E-state index in [1.54, 1.807) is 87.3 Å². The number of carbonyl (C=O) groups is 2. The van der Waals surface area contributed by atoms with Gasteiger partial charge in [-0.25, -0.2) is 9.59 Å². The summed E-state index contributed by atoms with van der Waals surface area (Å²) < 4.78 is 46.3. The van der Waals surface area contributed by atoms with E-state index in [2.05, 4.69) is 31.2 Å².